The van der Waals surface area contributed by atoms with Crippen LogP contribution in [-0.4, -0.2) is 49.7 Å². The second kappa shape index (κ2) is 6.67. The molecule has 0 aliphatic carbocycles. The first kappa shape index (κ1) is 14.7. The van der Waals surface area contributed by atoms with E-state index in [0.29, 0.717) is 0 Å². The fraction of sp³-hybridized carbons (Fsp3) is 0.562. The maximum Gasteiger partial charge on any atom is 0.251 e. The number of ether oxygens (including phenoxy) is 1. The molecule has 1 unspecified atom stereocenters. The maximum absolute atomic E-state index is 12.4. The zero-order valence-electron chi connectivity index (χ0n) is 12.1. The molecule has 0 N–H and O–H groups in total. The third kappa shape index (κ3) is 3.50. The van der Waals surface area contributed by atoms with Crippen LogP contribution in [0.3, 0.4) is 0 Å². The minimum atomic E-state index is -0.212. The summed E-state index contributed by atoms with van der Waals surface area (Å²) in [5, 5.41) is 0.751. The van der Waals surface area contributed by atoms with Gasteiger partial charge in [-0.3, -0.25) is 4.79 Å². The van der Waals surface area contributed by atoms with Gasteiger partial charge in [0.05, 0.1) is 0 Å². The zero-order valence-corrected chi connectivity index (χ0v) is 12.9. The monoisotopic (exact) mass is 308 g/mol. The summed E-state index contributed by atoms with van der Waals surface area (Å²) in [5.74, 6) is 0.167. The van der Waals surface area contributed by atoms with Gasteiger partial charge in [0, 0.05) is 43.5 Å². The number of amides is 1. The third-order valence-corrected chi connectivity index (χ3v) is 4.45. The molecule has 1 aromatic rings. The Morgan fingerprint density at radius 1 is 1.19 bits per heavy atom. The SMILES string of the molecule is O=C(C1CCCCO1)N1CCN(c2cccc(Cl)c2)CC1. The van der Waals surface area contributed by atoms with Crippen LogP contribution in [0.15, 0.2) is 24.3 Å². The highest BCUT2D eigenvalue weighted by molar-refractivity contribution is 6.30. The van der Waals surface area contributed by atoms with Crippen LogP contribution in [0.4, 0.5) is 5.69 Å². The van der Waals surface area contributed by atoms with E-state index in [4.69, 9.17) is 16.3 Å². The lowest BCUT2D eigenvalue weighted by atomic mass is 10.1. The Hall–Kier alpha value is -1.26. The predicted molar refractivity (Wildman–Crippen MR) is 83.8 cm³/mol. The van der Waals surface area contributed by atoms with E-state index in [-0.39, 0.29) is 12.0 Å². The lowest BCUT2D eigenvalue weighted by Crippen LogP contribution is -2.52. The Labute approximate surface area is 130 Å². The molecule has 0 radical (unpaired) electrons. The van der Waals surface area contributed by atoms with E-state index in [9.17, 15) is 4.79 Å². The van der Waals surface area contributed by atoms with Crippen molar-refractivity contribution < 1.29 is 9.53 Å². The van der Waals surface area contributed by atoms with Gasteiger partial charge in [-0.1, -0.05) is 17.7 Å². The molecule has 21 heavy (non-hydrogen) atoms. The smallest absolute Gasteiger partial charge is 0.251 e. The molecule has 0 bridgehead atoms. The van der Waals surface area contributed by atoms with Crippen molar-refractivity contribution in [1.29, 1.82) is 0 Å². The molecule has 0 aromatic heterocycles. The summed E-state index contributed by atoms with van der Waals surface area (Å²) in [7, 11) is 0. The Balaban J connectivity index is 1.56. The van der Waals surface area contributed by atoms with Gasteiger partial charge in [-0.2, -0.15) is 0 Å². The van der Waals surface area contributed by atoms with E-state index in [1.54, 1.807) is 0 Å². The summed E-state index contributed by atoms with van der Waals surface area (Å²) in [4.78, 5) is 16.6. The van der Waals surface area contributed by atoms with Crippen LogP contribution in [0.5, 0.6) is 0 Å². The van der Waals surface area contributed by atoms with Crippen molar-refractivity contribution in [3.8, 4) is 0 Å². The molecule has 2 saturated heterocycles. The summed E-state index contributed by atoms with van der Waals surface area (Å²) in [5.41, 5.74) is 1.13. The molecule has 3 rings (SSSR count). The van der Waals surface area contributed by atoms with Crippen molar-refractivity contribution in [2.24, 2.45) is 0 Å². The van der Waals surface area contributed by atoms with E-state index in [1.807, 2.05) is 23.1 Å². The summed E-state index contributed by atoms with van der Waals surface area (Å²) >= 11 is 6.04. The molecule has 2 aliphatic heterocycles. The maximum atomic E-state index is 12.4. The topological polar surface area (TPSA) is 32.8 Å². The summed E-state index contributed by atoms with van der Waals surface area (Å²) in [6.07, 6.45) is 2.83. The molecular weight excluding hydrogens is 288 g/mol. The number of halogens is 1. The first-order chi connectivity index (χ1) is 10.2. The van der Waals surface area contributed by atoms with Crippen LogP contribution >= 0.6 is 11.6 Å². The first-order valence-electron chi connectivity index (χ1n) is 7.65. The van der Waals surface area contributed by atoms with Crippen LogP contribution in [0.25, 0.3) is 0 Å². The second-order valence-electron chi connectivity index (χ2n) is 5.65. The fourth-order valence-electron chi connectivity index (χ4n) is 3.00. The van der Waals surface area contributed by atoms with Crippen molar-refractivity contribution in [2.45, 2.75) is 25.4 Å². The van der Waals surface area contributed by atoms with Crippen molar-refractivity contribution >= 4 is 23.2 Å². The number of nitrogens with zero attached hydrogens (tertiary/aromatic N) is 2. The highest BCUT2D eigenvalue weighted by atomic mass is 35.5. The molecule has 114 valence electrons. The lowest BCUT2D eigenvalue weighted by molar-refractivity contribution is -0.146. The molecule has 1 aromatic carbocycles. The van der Waals surface area contributed by atoms with E-state index < -0.39 is 0 Å². The third-order valence-electron chi connectivity index (χ3n) is 4.22. The van der Waals surface area contributed by atoms with E-state index in [0.717, 1.165) is 62.8 Å². The molecular formula is C16H21ClN2O2. The first-order valence-corrected chi connectivity index (χ1v) is 8.03. The van der Waals surface area contributed by atoms with E-state index in [1.165, 1.54) is 0 Å². The summed E-state index contributed by atoms with van der Waals surface area (Å²) < 4.78 is 5.60. The van der Waals surface area contributed by atoms with Gasteiger partial charge in [-0.05, 0) is 37.5 Å². The van der Waals surface area contributed by atoms with E-state index >= 15 is 0 Å². The van der Waals surface area contributed by atoms with Crippen molar-refractivity contribution in [3.63, 3.8) is 0 Å². The highest BCUT2D eigenvalue weighted by Gasteiger charge is 2.29. The minimum absolute atomic E-state index is 0.167. The molecule has 2 aliphatic rings. The number of piperazine rings is 1. The van der Waals surface area contributed by atoms with Crippen LogP contribution in [-0.2, 0) is 9.53 Å². The standard InChI is InChI=1S/C16H21ClN2O2/c17-13-4-3-5-14(12-13)18-7-9-19(10-8-18)16(20)15-6-1-2-11-21-15/h3-5,12,15H,1-2,6-11H2. The second-order valence-corrected chi connectivity index (χ2v) is 6.08. The Morgan fingerprint density at radius 3 is 2.67 bits per heavy atom. The quantitative estimate of drug-likeness (QED) is 0.842. The normalized spacial score (nSPS) is 23.2. The van der Waals surface area contributed by atoms with Crippen LogP contribution in [0.2, 0.25) is 5.02 Å². The molecule has 0 spiro atoms. The van der Waals surface area contributed by atoms with Gasteiger partial charge >= 0.3 is 0 Å². The van der Waals surface area contributed by atoms with Gasteiger partial charge in [0.2, 0.25) is 0 Å². The Bertz CT molecular complexity index is 495. The molecule has 1 atom stereocenters. The molecule has 2 fully saturated rings. The lowest BCUT2D eigenvalue weighted by Gasteiger charge is -2.38. The van der Waals surface area contributed by atoms with Crippen LogP contribution in [0, 0.1) is 0 Å². The van der Waals surface area contributed by atoms with Gasteiger partial charge in [0.1, 0.15) is 6.10 Å². The average molecular weight is 309 g/mol. The van der Waals surface area contributed by atoms with Gasteiger partial charge in [0.15, 0.2) is 0 Å². The molecule has 2 heterocycles. The number of hydrogen-bond acceptors (Lipinski definition) is 3. The summed E-state index contributed by atoms with van der Waals surface area (Å²) in [6, 6.07) is 7.88. The zero-order chi connectivity index (χ0) is 14.7. The minimum Gasteiger partial charge on any atom is -0.368 e. The van der Waals surface area contributed by atoms with E-state index in [2.05, 4.69) is 11.0 Å². The van der Waals surface area contributed by atoms with Gasteiger partial charge in [0.25, 0.3) is 5.91 Å². The van der Waals surface area contributed by atoms with Crippen molar-refractivity contribution in [3.05, 3.63) is 29.3 Å². The molecule has 1 amide bonds. The Morgan fingerprint density at radius 2 is 2.00 bits per heavy atom. The highest BCUT2D eigenvalue weighted by Crippen LogP contribution is 2.22. The molecule has 5 heteroatoms. The van der Waals surface area contributed by atoms with Crippen LogP contribution < -0.4 is 4.90 Å². The number of carbonyl (C=O) groups excluding carboxylic acids is 1. The van der Waals surface area contributed by atoms with Gasteiger partial charge in [-0.15, -0.1) is 0 Å². The van der Waals surface area contributed by atoms with Gasteiger partial charge < -0.3 is 14.5 Å². The predicted octanol–water partition coefficient (Wildman–Crippen LogP) is 2.56. The average Bonchev–Trinajstić information content (AvgIpc) is 2.55. The fourth-order valence-corrected chi connectivity index (χ4v) is 3.18. The number of benzene rings is 1. The van der Waals surface area contributed by atoms with Gasteiger partial charge in [-0.25, -0.2) is 0 Å². The van der Waals surface area contributed by atoms with Crippen molar-refractivity contribution in [2.75, 3.05) is 37.7 Å². The largest absolute Gasteiger partial charge is 0.368 e. The molecule has 0 saturated carbocycles. The Kier molecular flexibility index (Phi) is 4.66. The number of rotatable bonds is 2. The number of carbonyl (C=O) groups is 1. The number of hydrogen-bond donors (Lipinski definition) is 0. The van der Waals surface area contributed by atoms with Crippen LogP contribution in [0.1, 0.15) is 19.3 Å². The van der Waals surface area contributed by atoms with Crippen molar-refractivity contribution in [1.82, 2.24) is 4.90 Å². The molecule has 4 nitrogen and oxygen atoms in total. The summed E-state index contributed by atoms with van der Waals surface area (Å²) in [6.45, 7) is 3.92. The number of anilines is 1.